The van der Waals surface area contributed by atoms with Crippen molar-refractivity contribution in [3.05, 3.63) is 101 Å². The van der Waals surface area contributed by atoms with Crippen LogP contribution in [0.25, 0.3) is 0 Å². The van der Waals surface area contributed by atoms with E-state index in [1.54, 1.807) is 30.0 Å². The molecule has 3 aromatic carbocycles. The Hall–Kier alpha value is -2.96. The highest BCUT2D eigenvalue weighted by atomic mass is 32.2. The number of benzene rings is 3. The monoisotopic (exact) mass is 444 g/mol. The zero-order chi connectivity index (χ0) is 21.9. The summed E-state index contributed by atoms with van der Waals surface area (Å²) >= 11 is 1.76. The highest BCUT2D eigenvalue weighted by Gasteiger charge is 2.69. The predicted molar refractivity (Wildman–Crippen MR) is 123 cm³/mol. The zero-order valence-electron chi connectivity index (χ0n) is 17.2. The molecule has 3 heterocycles. The number of hydrogen-bond acceptors (Lipinski definition) is 4. The topological polar surface area (TPSA) is 49.4 Å². The van der Waals surface area contributed by atoms with Gasteiger partial charge in [-0.05, 0) is 23.8 Å². The fraction of sp³-hybridized carbons (Fsp3) is 0.231. The van der Waals surface area contributed by atoms with Crippen molar-refractivity contribution >= 4 is 29.1 Å². The van der Waals surface area contributed by atoms with Crippen molar-refractivity contribution in [3.63, 3.8) is 0 Å². The third-order valence-corrected chi connectivity index (χ3v) is 8.15. The Morgan fingerprint density at radius 2 is 1.75 bits per heavy atom. The minimum absolute atomic E-state index is 0.0000274. The number of carbonyl (C=O) groups is 2. The van der Waals surface area contributed by atoms with Crippen molar-refractivity contribution in [2.75, 3.05) is 16.9 Å². The van der Waals surface area contributed by atoms with E-state index in [1.807, 2.05) is 48.5 Å². The van der Waals surface area contributed by atoms with E-state index < -0.39 is 17.3 Å². The van der Waals surface area contributed by atoms with Crippen LogP contribution in [0.4, 0.5) is 10.1 Å². The Balaban J connectivity index is 1.63. The van der Waals surface area contributed by atoms with Crippen LogP contribution in [0.15, 0.2) is 78.9 Å². The van der Waals surface area contributed by atoms with Crippen molar-refractivity contribution < 1.29 is 14.0 Å². The van der Waals surface area contributed by atoms with Crippen LogP contribution < -0.4 is 5.32 Å². The van der Waals surface area contributed by atoms with Gasteiger partial charge in [-0.15, -0.1) is 11.8 Å². The average Bonchev–Trinajstić information content (AvgIpc) is 3.48. The van der Waals surface area contributed by atoms with Crippen molar-refractivity contribution in [1.82, 2.24) is 4.90 Å². The molecule has 2 saturated heterocycles. The largest absolute Gasteiger partial charge is 0.324 e. The minimum atomic E-state index is -1.24. The van der Waals surface area contributed by atoms with Crippen LogP contribution in [0.2, 0.25) is 0 Å². The molecule has 0 unspecified atom stereocenters. The first-order chi connectivity index (χ1) is 15.6. The summed E-state index contributed by atoms with van der Waals surface area (Å²) in [5.74, 6) is -0.130. The lowest BCUT2D eigenvalue weighted by molar-refractivity contribution is -0.127. The molecule has 2 fully saturated rings. The minimum Gasteiger partial charge on any atom is -0.324 e. The van der Waals surface area contributed by atoms with Crippen LogP contribution in [0.1, 0.15) is 27.4 Å². The molecule has 6 rings (SSSR count). The number of Topliss-reactive ketones (excluding diaryl/α,β-unsaturated/α-hetero) is 1. The molecule has 3 aliphatic rings. The number of amides is 1. The van der Waals surface area contributed by atoms with Crippen molar-refractivity contribution in [2.45, 2.75) is 17.5 Å². The number of ketones is 1. The SMILES string of the molecule is O=C(c1ccccc1)[C@@H]1[C@@H](c2ccccc2)[C@H]2CSCN2[C@@]12C(=O)Nc1ccc(F)cc12. The Bertz CT molecular complexity index is 1220. The number of anilines is 1. The Morgan fingerprint density at radius 1 is 1.03 bits per heavy atom. The van der Waals surface area contributed by atoms with Gasteiger partial charge in [-0.2, -0.15) is 0 Å². The molecule has 1 N–H and O–H groups in total. The molecule has 6 heteroatoms. The molecule has 3 aromatic rings. The van der Waals surface area contributed by atoms with Crippen LogP contribution in [-0.4, -0.2) is 34.3 Å². The Labute approximate surface area is 189 Å². The number of thioether (sulfide) groups is 1. The second-order valence-corrected chi connectivity index (χ2v) is 9.59. The van der Waals surface area contributed by atoms with Gasteiger partial charge in [0.15, 0.2) is 5.78 Å². The molecule has 32 heavy (non-hydrogen) atoms. The normalized spacial score (nSPS) is 28.5. The number of halogens is 1. The maximum atomic E-state index is 14.5. The van der Waals surface area contributed by atoms with Gasteiger partial charge in [-0.3, -0.25) is 14.5 Å². The van der Waals surface area contributed by atoms with Crippen LogP contribution in [-0.2, 0) is 10.3 Å². The summed E-state index contributed by atoms with van der Waals surface area (Å²) < 4.78 is 14.5. The molecule has 0 aliphatic carbocycles. The lowest BCUT2D eigenvalue weighted by atomic mass is 9.69. The Morgan fingerprint density at radius 3 is 2.50 bits per heavy atom. The summed E-state index contributed by atoms with van der Waals surface area (Å²) in [6.45, 7) is 0. The van der Waals surface area contributed by atoms with Gasteiger partial charge in [0.2, 0.25) is 5.91 Å². The molecule has 1 amide bonds. The molecule has 0 aromatic heterocycles. The maximum Gasteiger partial charge on any atom is 0.250 e. The third kappa shape index (κ3) is 2.60. The number of nitrogens with one attached hydrogen (secondary N) is 1. The van der Waals surface area contributed by atoms with E-state index in [0.717, 1.165) is 11.3 Å². The van der Waals surface area contributed by atoms with Gasteiger partial charge in [0.05, 0.1) is 5.92 Å². The van der Waals surface area contributed by atoms with Crippen LogP contribution in [0, 0.1) is 11.7 Å². The van der Waals surface area contributed by atoms with E-state index in [-0.39, 0.29) is 23.7 Å². The van der Waals surface area contributed by atoms with Gasteiger partial charge >= 0.3 is 0 Å². The smallest absolute Gasteiger partial charge is 0.250 e. The lowest BCUT2D eigenvalue weighted by Crippen LogP contribution is -2.52. The molecular formula is C26H21FN2O2S. The molecule has 160 valence electrons. The van der Waals surface area contributed by atoms with E-state index >= 15 is 0 Å². The summed E-state index contributed by atoms with van der Waals surface area (Å²) in [4.78, 5) is 30.1. The van der Waals surface area contributed by atoms with Crippen LogP contribution in [0.3, 0.4) is 0 Å². The fourth-order valence-corrected chi connectivity index (χ4v) is 7.20. The Kier molecular flexibility index (Phi) is 4.49. The molecule has 0 bridgehead atoms. The molecule has 4 atom stereocenters. The summed E-state index contributed by atoms with van der Waals surface area (Å²) in [7, 11) is 0. The first-order valence-corrected chi connectivity index (χ1v) is 11.9. The summed E-state index contributed by atoms with van der Waals surface area (Å²) in [5, 5.41) is 2.97. The number of nitrogens with zero attached hydrogens (tertiary/aromatic N) is 1. The van der Waals surface area contributed by atoms with E-state index in [4.69, 9.17) is 0 Å². The van der Waals surface area contributed by atoms with Gasteiger partial charge in [0, 0.05) is 40.4 Å². The van der Waals surface area contributed by atoms with Crippen LogP contribution >= 0.6 is 11.8 Å². The highest BCUT2D eigenvalue weighted by molar-refractivity contribution is 7.99. The quantitative estimate of drug-likeness (QED) is 0.598. The van der Waals surface area contributed by atoms with Crippen molar-refractivity contribution in [1.29, 1.82) is 0 Å². The molecule has 4 nitrogen and oxygen atoms in total. The van der Waals surface area contributed by atoms with E-state index in [9.17, 15) is 14.0 Å². The standard InChI is InChI=1S/C26H21FN2O2S/c27-18-11-12-20-19(13-18)26(25(31)28-20)23(24(30)17-9-5-2-6-10-17)22(16-7-3-1-4-8-16)21-14-32-15-29(21)26/h1-13,21-23H,14-15H2,(H,28,31)/t21-,22+,23+,26-/m1/s1. The predicted octanol–water partition coefficient (Wildman–Crippen LogP) is 4.64. The second-order valence-electron chi connectivity index (χ2n) is 8.59. The summed E-state index contributed by atoms with van der Waals surface area (Å²) in [6.07, 6.45) is 0. The highest BCUT2D eigenvalue weighted by Crippen LogP contribution is 2.61. The van der Waals surface area contributed by atoms with E-state index in [0.29, 0.717) is 22.7 Å². The maximum absolute atomic E-state index is 14.5. The van der Waals surface area contributed by atoms with Gasteiger partial charge in [-0.1, -0.05) is 60.7 Å². The van der Waals surface area contributed by atoms with Gasteiger partial charge < -0.3 is 5.32 Å². The third-order valence-electron chi connectivity index (χ3n) is 7.11. The summed E-state index contributed by atoms with van der Waals surface area (Å²) in [6, 6.07) is 23.5. The van der Waals surface area contributed by atoms with Crippen molar-refractivity contribution in [2.24, 2.45) is 5.92 Å². The summed E-state index contributed by atoms with van der Waals surface area (Å²) in [5.41, 5.74) is 1.53. The first-order valence-electron chi connectivity index (χ1n) is 10.7. The van der Waals surface area contributed by atoms with E-state index in [2.05, 4.69) is 10.2 Å². The van der Waals surface area contributed by atoms with Crippen LogP contribution in [0.5, 0.6) is 0 Å². The zero-order valence-corrected chi connectivity index (χ0v) is 18.0. The number of rotatable bonds is 3. The first kappa shape index (κ1) is 19.7. The van der Waals surface area contributed by atoms with Crippen molar-refractivity contribution in [3.8, 4) is 0 Å². The molecule has 1 spiro atoms. The number of hydrogen-bond donors (Lipinski definition) is 1. The van der Waals surface area contributed by atoms with Gasteiger partial charge in [0.1, 0.15) is 11.4 Å². The van der Waals surface area contributed by atoms with E-state index in [1.165, 1.54) is 12.1 Å². The fourth-order valence-electron chi connectivity index (χ4n) is 5.88. The molecule has 0 saturated carbocycles. The number of fused-ring (bicyclic) bond motifs is 4. The van der Waals surface area contributed by atoms with Gasteiger partial charge in [0.25, 0.3) is 0 Å². The molecule has 3 aliphatic heterocycles. The molecular weight excluding hydrogens is 423 g/mol. The molecule has 0 radical (unpaired) electrons. The lowest BCUT2D eigenvalue weighted by Gasteiger charge is -2.36. The second kappa shape index (κ2) is 7.29. The number of carbonyl (C=O) groups excluding carboxylic acids is 2. The average molecular weight is 445 g/mol. The van der Waals surface area contributed by atoms with Gasteiger partial charge in [-0.25, -0.2) is 4.39 Å².